The van der Waals surface area contributed by atoms with E-state index in [9.17, 15) is 14.7 Å². The van der Waals surface area contributed by atoms with Crippen LogP contribution in [0.25, 0.3) is 0 Å². The fraction of sp³-hybridized carbons (Fsp3) is 0.391. The van der Waals surface area contributed by atoms with Crippen molar-refractivity contribution in [2.75, 3.05) is 30.8 Å². The first-order valence-electron chi connectivity index (χ1n) is 10.2. The van der Waals surface area contributed by atoms with Crippen molar-refractivity contribution in [3.05, 3.63) is 65.2 Å². The molecule has 0 spiro atoms. The van der Waals surface area contributed by atoms with Crippen molar-refractivity contribution >= 4 is 29.3 Å². The SMILES string of the molecule is O=C(Nc1cccc(C(=O)N2CCC[C@@H](CO)C2)c1)[C@@H]1SCCc2ccccc21. The van der Waals surface area contributed by atoms with Gasteiger partial charge in [0.25, 0.3) is 5.91 Å². The second-order valence-electron chi connectivity index (χ2n) is 7.71. The number of rotatable bonds is 4. The van der Waals surface area contributed by atoms with Gasteiger partial charge in [-0.2, -0.15) is 0 Å². The van der Waals surface area contributed by atoms with E-state index in [1.54, 1.807) is 34.9 Å². The van der Waals surface area contributed by atoms with E-state index in [4.69, 9.17) is 0 Å². The Morgan fingerprint density at radius 2 is 2.03 bits per heavy atom. The smallest absolute Gasteiger partial charge is 0.253 e. The lowest BCUT2D eigenvalue weighted by Gasteiger charge is -2.32. The second kappa shape index (κ2) is 9.01. The third-order valence-corrected chi connectivity index (χ3v) is 6.91. The molecule has 1 fully saturated rings. The third-order valence-electron chi connectivity index (χ3n) is 5.67. The van der Waals surface area contributed by atoms with Gasteiger partial charge in [-0.15, -0.1) is 11.8 Å². The fourth-order valence-electron chi connectivity index (χ4n) is 4.13. The van der Waals surface area contributed by atoms with Crippen LogP contribution >= 0.6 is 11.8 Å². The average molecular weight is 411 g/mol. The van der Waals surface area contributed by atoms with E-state index in [0.717, 1.165) is 30.6 Å². The summed E-state index contributed by atoms with van der Waals surface area (Å²) in [6.45, 7) is 1.41. The van der Waals surface area contributed by atoms with Gasteiger partial charge in [-0.05, 0) is 60.3 Å². The quantitative estimate of drug-likeness (QED) is 0.809. The largest absolute Gasteiger partial charge is 0.396 e. The van der Waals surface area contributed by atoms with Crippen LogP contribution in [-0.2, 0) is 11.2 Å². The summed E-state index contributed by atoms with van der Waals surface area (Å²) in [5.74, 6) is 0.981. The molecule has 0 radical (unpaired) electrons. The summed E-state index contributed by atoms with van der Waals surface area (Å²) >= 11 is 1.66. The number of anilines is 1. The minimum atomic E-state index is -0.230. The van der Waals surface area contributed by atoms with Crippen LogP contribution in [-0.4, -0.2) is 47.3 Å². The van der Waals surface area contributed by atoms with Crippen LogP contribution in [0.2, 0.25) is 0 Å². The van der Waals surface area contributed by atoms with E-state index in [-0.39, 0.29) is 29.6 Å². The molecule has 2 aliphatic rings. The highest BCUT2D eigenvalue weighted by Gasteiger charge is 2.27. The topological polar surface area (TPSA) is 69.6 Å². The van der Waals surface area contributed by atoms with E-state index in [0.29, 0.717) is 24.3 Å². The number of thioether (sulfide) groups is 1. The Morgan fingerprint density at radius 3 is 2.90 bits per heavy atom. The summed E-state index contributed by atoms with van der Waals surface area (Å²) in [6, 6.07) is 15.3. The number of hydrogen-bond donors (Lipinski definition) is 2. The number of benzene rings is 2. The number of fused-ring (bicyclic) bond motifs is 1. The number of likely N-dealkylation sites (tertiary alicyclic amines) is 1. The highest BCUT2D eigenvalue weighted by molar-refractivity contribution is 8.00. The van der Waals surface area contributed by atoms with E-state index in [1.165, 1.54) is 5.56 Å². The van der Waals surface area contributed by atoms with Gasteiger partial charge in [-0.3, -0.25) is 9.59 Å². The van der Waals surface area contributed by atoms with Gasteiger partial charge in [-0.25, -0.2) is 0 Å². The molecule has 6 heteroatoms. The van der Waals surface area contributed by atoms with Gasteiger partial charge in [0.2, 0.25) is 5.91 Å². The monoisotopic (exact) mass is 410 g/mol. The molecule has 2 aromatic carbocycles. The number of hydrogen-bond acceptors (Lipinski definition) is 4. The highest BCUT2D eigenvalue weighted by atomic mass is 32.2. The Balaban J connectivity index is 1.47. The number of carbonyl (C=O) groups excluding carboxylic acids is 2. The zero-order valence-electron chi connectivity index (χ0n) is 16.3. The van der Waals surface area contributed by atoms with Gasteiger partial charge in [0.05, 0.1) is 0 Å². The Kier molecular flexibility index (Phi) is 6.21. The van der Waals surface area contributed by atoms with Gasteiger partial charge in [0.15, 0.2) is 0 Å². The normalized spacial score (nSPS) is 21.3. The van der Waals surface area contributed by atoms with Crippen LogP contribution in [0.1, 0.15) is 39.6 Å². The van der Waals surface area contributed by atoms with Crippen molar-refractivity contribution in [2.45, 2.75) is 24.5 Å². The molecule has 0 aliphatic carbocycles. The first-order chi connectivity index (χ1) is 14.2. The van der Waals surface area contributed by atoms with Crippen molar-refractivity contribution in [2.24, 2.45) is 5.92 Å². The van der Waals surface area contributed by atoms with Crippen LogP contribution < -0.4 is 5.32 Å². The molecule has 0 unspecified atom stereocenters. The molecule has 2 heterocycles. The van der Waals surface area contributed by atoms with Crippen LogP contribution in [0.4, 0.5) is 5.69 Å². The molecule has 2 aromatic rings. The maximum Gasteiger partial charge on any atom is 0.253 e. The number of aliphatic hydroxyl groups excluding tert-OH is 1. The molecule has 0 aromatic heterocycles. The average Bonchev–Trinajstić information content (AvgIpc) is 2.78. The number of nitrogens with zero attached hydrogens (tertiary/aromatic N) is 1. The van der Waals surface area contributed by atoms with Crippen molar-refractivity contribution in [1.29, 1.82) is 0 Å². The van der Waals surface area contributed by atoms with E-state index in [1.807, 2.05) is 24.3 Å². The van der Waals surface area contributed by atoms with Gasteiger partial charge in [-0.1, -0.05) is 30.3 Å². The van der Waals surface area contributed by atoms with Crippen LogP contribution in [0, 0.1) is 5.92 Å². The molecule has 2 amide bonds. The Labute approximate surface area is 175 Å². The molecule has 152 valence electrons. The first-order valence-corrected chi connectivity index (χ1v) is 11.2. The minimum Gasteiger partial charge on any atom is -0.396 e. The number of piperidine rings is 1. The summed E-state index contributed by atoms with van der Waals surface area (Å²) in [5.41, 5.74) is 3.52. The third kappa shape index (κ3) is 4.49. The maximum atomic E-state index is 12.9. The highest BCUT2D eigenvalue weighted by Crippen LogP contribution is 2.37. The number of aliphatic hydroxyl groups is 1. The summed E-state index contributed by atoms with van der Waals surface area (Å²) < 4.78 is 0. The molecular weight excluding hydrogens is 384 g/mol. The Bertz CT molecular complexity index is 901. The minimum absolute atomic E-state index is 0.0448. The summed E-state index contributed by atoms with van der Waals surface area (Å²) in [4.78, 5) is 27.6. The Hall–Kier alpha value is -2.31. The Morgan fingerprint density at radius 1 is 1.17 bits per heavy atom. The number of amides is 2. The molecule has 2 atom stereocenters. The molecule has 2 N–H and O–H groups in total. The van der Waals surface area contributed by atoms with Gasteiger partial charge >= 0.3 is 0 Å². The van der Waals surface area contributed by atoms with Gasteiger partial charge in [0, 0.05) is 30.9 Å². The zero-order chi connectivity index (χ0) is 20.2. The molecule has 4 rings (SSSR count). The lowest BCUT2D eigenvalue weighted by atomic mass is 9.98. The predicted octanol–water partition coefficient (Wildman–Crippen LogP) is 3.50. The molecule has 0 bridgehead atoms. The molecule has 2 aliphatic heterocycles. The second-order valence-corrected chi connectivity index (χ2v) is 8.92. The van der Waals surface area contributed by atoms with Gasteiger partial charge < -0.3 is 15.3 Å². The maximum absolute atomic E-state index is 12.9. The first kappa shape index (κ1) is 20.0. The van der Waals surface area contributed by atoms with Crippen molar-refractivity contribution in [3.63, 3.8) is 0 Å². The molecule has 29 heavy (non-hydrogen) atoms. The zero-order valence-corrected chi connectivity index (χ0v) is 17.2. The van der Waals surface area contributed by atoms with Crippen LogP contribution in [0.5, 0.6) is 0 Å². The predicted molar refractivity (Wildman–Crippen MR) is 116 cm³/mol. The standard InChI is InChI=1S/C23H26N2O3S/c26-15-16-5-4-11-25(14-16)23(28)18-7-3-8-19(13-18)24-22(27)21-20-9-2-1-6-17(20)10-12-29-21/h1-3,6-9,13,16,21,26H,4-5,10-12,14-15H2,(H,24,27)/t16-,21-/m1/s1. The number of aryl methyl sites for hydroxylation is 1. The van der Waals surface area contributed by atoms with Crippen LogP contribution in [0.3, 0.4) is 0 Å². The summed E-state index contributed by atoms with van der Waals surface area (Å²) in [7, 11) is 0. The van der Waals surface area contributed by atoms with E-state index >= 15 is 0 Å². The van der Waals surface area contributed by atoms with Crippen molar-refractivity contribution < 1.29 is 14.7 Å². The lowest BCUT2D eigenvalue weighted by molar-refractivity contribution is -0.115. The molecular formula is C23H26N2O3S. The molecule has 0 saturated carbocycles. The van der Waals surface area contributed by atoms with Gasteiger partial charge in [0.1, 0.15) is 5.25 Å². The summed E-state index contributed by atoms with van der Waals surface area (Å²) in [5, 5.41) is 12.2. The number of nitrogens with one attached hydrogen (secondary N) is 1. The number of carbonyl (C=O) groups is 2. The van der Waals surface area contributed by atoms with Crippen molar-refractivity contribution in [1.82, 2.24) is 4.90 Å². The van der Waals surface area contributed by atoms with E-state index < -0.39 is 0 Å². The summed E-state index contributed by atoms with van der Waals surface area (Å²) in [6.07, 6.45) is 2.85. The van der Waals surface area contributed by atoms with Crippen LogP contribution in [0.15, 0.2) is 48.5 Å². The van der Waals surface area contributed by atoms with E-state index in [2.05, 4.69) is 11.4 Å². The van der Waals surface area contributed by atoms with Crippen molar-refractivity contribution in [3.8, 4) is 0 Å². The molecule has 1 saturated heterocycles. The lowest BCUT2D eigenvalue weighted by Crippen LogP contribution is -2.40. The molecule has 5 nitrogen and oxygen atoms in total. The fourth-order valence-corrected chi connectivity index (χ4v) is 5.32.